The van der Waals surface area contributed by atoms with E-state index < -0.39 is 40.6 Å². The highest BCUT2D eigenvalue weighted by molar-refractivity contribution is 8.00. The number of fused-ring (bicyclic) bond motifs is 2. The molecule has 0 aliphatic carbocycles. The molecule has 1 saturated heterocycles. The van der Waals surface area contributed by atoms with E-state index in [1.54, 1.807) is 12.1 Å². The van der Waals surface area contributed by atoms with E-state index in [4.69, 9.17) is 0 Å². The first kappa shape index (κ1) is 29.6. The number of hydrogen-bond acceptors (Lipinski definition) is 8. The monoisotopic (exact) mass is 632 g/mol. The van der Waals surface area contributed by atoms with Crippen molar-refractivity contribution < 1.29 is 23.9 Å². The summed E-state index contributed by atoms with van der Waals surface area (Å²) in [5, 5.41) is 11.9. The Balaban J connectivity index is 1.41. The molecule has 2 N–H and O–H groups in total. The van der Waals surface area contributed by atoms with Gasteiger partial charge < -0.3 is 15.3 Å². The summed E-state index contributed by atoms with van der Waals surface area (Å²) in [7, 11) is 0. The number of thioether (sulfide) groups is 1. The lowest BCUT2D eigenvalue weighted by molar-refractivity contribution is -0.122. The van der Waals surface area contributed by atoms with E-state index in [9.17, 15) is 28.7 Å². The molecule has 0 bridgehead atoms. The fraction of sp³-hybridized carbons (Fsp3) is 0.250. The van der Waals surface area contributed by atoms with Gasteiger partial charge in [-0.3, -0.25) is 23.7 Å². The second-order valence-electron chi connectivity index (χ2n) is 10.5. The molecule has 9 nitrogen and oxygen atoms in total. The molecule has 3 atom stereocenters. The third kappa shape index (κ3) is 5.28. The van der Waals surface area contributed by atoms with Crippen LogP contribution in [0.25, 0.3) is 0 Å². The average molecular weight is 633 g/mol. The zero-order chi connectivity index (χ0) is 31.1. The molecule has 3 amide bonds. The number of halogens is 1. The van der Waals surface area contributed by atoms with Crippen molar-refractivity contribution in [2.75, 3.05) is 28.2 Å². The van der Waals surface area contributed by atoms with Crippen LogP contribution in [-0.4, -0.2) is 45.7 Å². The van der Waals surface area contributed by atoms with Crippen LogP contribution in [0.1, 0.15) is 30.2 Å². The molecule has 1 aromatic heterocycles. The standard InChI is InChI=1S/C32H29FN4O5S2/c1-3-35(4-2)21-11-5-18(6-12-21)25-26-27(30(41)37(29(26)40)22-13-7-19(33)8-14-22)43-31-28(25)44-32(42)36(31)17-24(39)34-20-9-15-23(38)16-10-20/h5-16,25-27,38H,3-4,17H2,1-2H3,(H,34,39)/t25-,26?,27?/m1/s1. The van der Waals surface area contributed by atoms with Gasteiger partial charge >= 0.3 is 4.87 Å². The third-order valence-corrected chi connectivity index (χ3v) is 10.6. The van der Waals surface area contributed by atoms with E-state index >= 15 is 0 Å². The molecule has 44 heavy (non-hydrogen) atoms. The van der Waals surface area contributed by atoms with E-state index in [0.717, 1.165) is 52.3 Å². The number of aromatic nitrogens is 1. The second kappa shape index (κ2) is 11.9. The lowest BCUT2D eigenvalue weighted by Gasteiger charge is -2.31. The number of hydrogen-bond donors (Lipinski definition) is 2. The van der Waals surface area contributed by atoms with Gasteiger partial charge in [-0.25, -0.2) is 9.29 Å². The molecule has 0 radical (unpaired) electrons. The maximum Gasteiger partial charge on any atom is 0.308 e. The van der Waals surface area contributed by atoms with Gasteiger partial charge in [0.05, 0.1) is 16.6 Å². The maximum absolute atomic E-state index is 14.0. The largest absolute Gasteiger partial charge is 0.508 e. The Hall–Kier alpha value is -4.42. The first-order valence-electron chi connectivity index (χ1n) is 14.2. The number of imide groups is 1. The Morgan fingerprint density at radius 2 is 1.59 bits per heavy atom. The molecule has 12 heteroatoms. The number of rotatable bonds is 8. The Labute approximate surface area is 260 Å². The number of carbonyl (C=O) groups excluding carboxylic acids is 3. The number of phenolic OH excluding ortho intramolecular Hbond substituents is 1. The number of amides is 3. The molecule has 226 valence electrons. The number of nitrogens with zero attached hydrogens (tertiary/aromatic N) is 3. The Morgan fingerprint density at radius 1 is 0.932 bits per heavy atom. The predicted octanol–water partition coefficient (Wildman–Crippen LogP) is 5.04. The van der Waals surface area contributed by atoms with Gasteiger partial charge in [-0.2, -0.15) is 0 Å². The Morgan fingerprint density at radius 3 is 2.23 bits per heavy atom. The van der Waals surface area contributed by atoms with Gasteiger partial charge in [0.25, 0.3) is 0 Å². The van der Waals surface area contributed by atoms with Crippen molar-refractivity contribution in [2.24, 2.45) is 5.92 Å². The fourth-order valence-corrected chi connectivity index (χ4v) is 8.60. The SMILES string of the molecule is CCN(CC)c1ccc([C@H]2c3sc(=O)n(CC(=O)Nc4ccc(O)cc4)c3SC3C(=O)N(c4ccc(F)cc4)C(=O)C32)cc1. The third-order valence-electron chi connectivity index (χ3n) is 7.97. The second-order valence-corrected chi connectivity index (χ2v) is 12.6. The molecule has 2 aliphatic heterocycles. The van der Waals surface area contributed by atoms with Crippen molar-refractivity contribution in [3.8, 4) is 5.75 Å². The summed E-state index contributed by atoms with van der Waals surface area (Å²) in [6.45, 7) is 5.48. The van der Waals surface area contributed by atoms with Crippen LogP contribution in [0.15, 0.2) is 82.6 Å². The van der Waals surface area contributed by atoms with Crippen LogP contribution < -0.4 is 20.0 Å². The molecule has 6 rings (SSSR count). The van der Waals surface area contributed by atoms with Crippen molar-refractivity contribution in [1.82, 2.24) is 4.57 Å². The first-order chi connectivity index (χ1) is 21.2. The number of benzene rings is 3. The van der Waals surface area contributed by atoms with Crippen LogP contribution >= 0.6 is 23.1 Å². The van der Waals surface area contributed by atoms with Crippen LogP contribution in [0.3, 0.4) is 0 Å². The summed E-state index contributed by atoms with van der Waals surface area (Å²) in [6, 6.07) is 19.0. The zero-order valence-electron chi connectivity index (χ0n) is 23.9. The van der Waals surface area contributed by atoms with Crippen LogP contribution in [0.2, 0.25) is 0 Å². The topological polar surface area (TPSA) is 112 Å². The van der Waals surface area contributed by atoms with Crippen molar-refractivity contribution in [3.63, 3.8) is 0 Å². The normalized spacial score (nSPS) is 19.1. The first-order valence-corrected chi connectivity index (χ1v) is 15.9. The summed E-state index contributed by atoms with van der Waals surface area (Å²) in [5.74, 6) is -3.17. The van der Waals surface area contributed by atoms with Crippen LogP contribution in [0.5, 0.6) is 5.75 Å². The molecular formula is C32H29FN4O5S2. The van der Waals surface area contributed by atoms with E-state index in [-0.39, 0.29) is 22.9 Å². The van der Waals surface area contributed by atoms with Gasteiger partial charge in [-0.15, -0.1) is 0 Å². The molecule has 4 aromatic rings. The van der Waals surface area contributed by atoms with Gasteiger partial charge in [0.2, 0.25) is 17.7 Å². The van der Waals surface area contributed by atoms with Crippen LogP contribution in [0, 0.1) is 11.7 Å². The van der Waals surface area contributed by atoms with E-state index in [1.165, 1.54) is 41.0 Å². The number of phenols is 1. The van der Waals surface area contributed by atoms with Gasteiger partial charge in [0, 0.05) is 35.3 Å². The highest BCUT2D eigenvalue weighted by Crippen LogP contribution is 2.54. The summed E-state index contributed by atoms with van der Waals surface area (Å²) in [6.07, 6.45) is 0. The number of carbonyl (C=O) groups is 3. The number of anilines is 3. The molecule has 3 heterocycles. The van der Waals surface area contributed by atoms with Gasteiger partial charge in [-0.1, -0.05) is 35.2 Å². The highest BCUT2D eigenvalue weighted by atomic mass is 32.2. The van der Waals surface area contributed by atoms with Crippen molar-refractivity contribution in [1.29, 1.82) is 0 Å². The Kier molecular flexibility index (Phi) is 8.04. The van der Waals surface area contributed by atoms with Crippen molar-refractivity contribution >= 4 is 57.9 Å². The summed E-state index contributed by atoms with van der Waals surface area (Å²) in [4.78, 5) is 57.8. The lowest BCUT2D eigenvalue weighted by atomic mass is 9.83. The molecular weight excluding hydrogens is 604 g/mol. The number of nitrogens with one attached hydrogen (secondary N) is 1. The van der Waals surface area contributed by atoms with Crippen molar-refractivity contribution in [3.05, 3.63) is 98.7 Å². The molecule has 0 saturated carbocycles. The summed E-state index contributed by atoms with van der Waals surface area (Å²) < 4.78 is 15.0. The van der Waals surface area contributed by atoms with Crippen LogP contribution in [-0.2, 0) is 20.9 Å². The minimum atomic E-state index is -0.854. The highest BCUT2D eigenvalue weighted by Gasteiger charge is 2.56. The average Bonchev–Trinajstić information content (AvgIpc) is 3.46. The smallest absolute Gasteiger partial charge is 0.308 e. The minimum absolute atomic E-state index is 0.0544. The molecule has 2 unspecified atom stereocenters. The molecule has 1 fully saturated rings. The Bertz CT molecular complexity index is 1780. The minimum Gasteiger partial charge on any atom is -0.508 e. The van der Waals surface area contributed by atoms with E-state index in [1.807, 2.05) is 24.3 Å². The molecule has 3 aromatic carbocycles. The van der Waals surface area contributed by atoms with Gasteiger partial charge in [0.1, 0.15) is 23.4 Å². The summed E-state index contributed by atoms with van der Waals surface area (Å²) >= 11 is 2.09. The zero-order valence-corrected chi connectivity index (χ0v) is 25.5. The molecule has 0 spiro atoms. The van der Waals surface area contributed by atoms with Crippen LogP contribution in [0.4, 0.5) is 21.5 Å². The lowest BCUT2D eigenvalue weighted by Crippen LogP contribution is -2.33. The fourth-order valence-electron chi connectivity index (χ4n) is 5.83. The quantitative estimate of drug-likeness (QED) is 0.207. The summed E-state index contributed by atoms with van der Waals surface area (Å²) in [5.41, 5.74) is 2.53. The van der Waals surface area contributed by atoms with E-state index in [0.29, 0.717) is 15.6 Å². The predicted molar refractivity (Wildman–Crippen MR) is 169 cm³/mol. The van der Waals surface area contributed by atoms with Gasteiger partial charge in [0.15, 0.2) is 0 Å². The van der Waals surface area contributed by atoms with E-state index in [2.05, 4.69) is 24.1 Å². The van der Waals surface area contributed by atoms with Gasteiger partial charge in [-0.05, 0) is 80.1 Å². The maximum atomic E-state index is 14.0. The van der Waals surface area contributed by atoms with Crippen molar-refractivity contribution in [2.45, 2.75) is 36.6 Å². The number of aromatic hydroxyl groups is 1. The number of thiazole rings is 1. The molecule has 2 aliphatic rings.